The monoisotopic (exact) mass is 467 g/mol. The molecule has 1 amide bonds. The number of morpholine rings is 1. The maximum Gasteiger partial charge on any atom is 0.276 e. The van der Waals surface area contributed by atoms with Gasteiger partial charge in [-0.1, -0.05) is 0 Å². The Morgan fingerprint density at radius 3 is 2.85 bits per heavy atom. The van der Waals surface area contributed by atoms with Gasteiger partial charge in [-0.05, 0) is 18.6 Å². The first-order valence-corrected chi connectivity index (χ1v) is 11.5. The number of benzene rings is 1. The van der Waals surface area contributed by atoms with Crippen molar-refractivity contribution in [1.82, 2.24) is 24.7 Å². The van der Waals surface area contributed by atoms with E-state index in [1.807, 2.05) is 17.0 Å². The number of ether oxygens (including phenoxy) is 3. The van der Waals surface area contributed by atoms with Gasteiger partial charge in [0.15, 0.2) is 11.5 Å². The number of aliphatic imine (C=N–C) groups is 2. The standard InChI is InChI=1S/C23H29N7O4/c1-28-15-24-14-17(28)22(31)27-23-26-19-16(21-25-6-8-30(21)23)4-5-18(20(19)32-2)34-11-3-7-29-9-12-33-13-10-29/h4-5,14-15H,3,6-13H2,1-2H3,(H,26,27,31). The number of methoxy groups -OCH3 is 1. The number of hydrogen-bond acceptors (Lipinski definition) is 9. The second-order valence-electron chi connectivity index (χ2n) is 8.29. The second-order valence-corrected chi connectivity index (χ2v) is 8.29. The Labute approximate surface area is 198 Å². The van der Waals surface area contributed by atoms with E-state index in [9.17, 15) is 4.79 Å². The summed E-state index contributed by atoms with van der Waals surface area (Å²) < 4.78 is 18.9. The molecular weight excluding hydrogens is 438 g/mol. The maximum absolute atomic E-state index is 12.8. The minimum absolute atomic E-state index is 0.289. The van der Waals surface area contributed by atoms with Crippen LogP contribution in [0.4, 0.5) is 5.69 Å². The van der Waals surface area contributed by atoms with Gasteiger partial charge in [0, 0.05) is 38.8 Å². The molecular formula is C23H29N7O4. The molecule has 0 bridgehead atoms. The first-order valence-electron chi connectivity index (χ1n) is 11.5. The average molecular weight is 468 g/mol. The van der Waals surface area contributed by atoms with Crippen LogP contribution in [0.15, 0.2) is 34.6 Å². The molecule has 1 aromatic carbocycles. The minimum atomic E-state index is -0.289. The molecule has 11 heteroatoms. The maximum atomic E-state index is 12.8. The van der Waals surface area contributed by atoms with Gasteiger partial charge in [-0.15, -0.1) is 0 Å². The fourth-order valence-electron chi connectivity index (χ4n) is 4.34. The Kier molecular flexibility index (Phi) is 6.45. The fourth-order valence-corrected chi connectivity index (χ4v) is 4.34. The van der Waals surface area contributed by atoms with Gasteiger partial charge in [0.1, 0.15) is 17.2 Å². The first-order chi connectivity index (χ1) is 16.7. The SMILES string of the molecule is COc1c(OCCCN2CCOCC2)ccc2c1N=C(NC(=O)c1cncn1C)N1CCN=C21. The third-order valence-electron chi connectivity index (χ3n) is 6.11. The number of imidazole rings is 1. The number of guanidine groups is 1. The van der Waals surface area contributed by atoms with Gasteiger partial charge < -0.3 is 18.8 Å². The molecule has 1 fully saturated rings. The van der Waals surface area contributed by atoms with E-state index in [1.165, 1.54) is 6.20 Å². The van der Waals surface area contributed by atoms with Crippen LogP contribution in [0.5, 0.6) is 11.5 Å². The van der Waals surface area contributed by atoms with Crippen LogP contribution in [-0.2, 0) is 11.8 Å². The topological polar surface area (TPSA) is 106 Å². The van der Waals surface area contributed by atoms with Crippen molar-refractivity contribution < 1.29 is 19.0 Å². The summed E-state index contributed by atoms with van der Waals surface area (Å²) in [5.74, 6) is 2.05. The molecule has 1 N–H and O–H groups in total. The molecule has 0 saturated carbocycles. The highest BCUT2D eigenvalue weighted by atomic mass is 16.5. The number of nitrogens with zero attached hydrogens (tertiary/aromatic N) is 6. The lowest BCUT2D eigenvalue weighted by Crippen LogP contribution is -2.47. The summed E-state index contributed by atoms with van der Waals surface area (Å²) in [6, 6.07) is 3.86. The first kappa shape index (κ1) is 22.4. The number of aromatic nitrogens is 2. The molecule has 11 nitrogen and oxygen atoms in total. The van der Waals surface area contributed by atoms with Crippen molar-refractivity contribution >= 4 is 23.4 Å². The van der Waals surface area contributed by atoms with Crippen molar-refractivity contribution in [1.29, 1.82) is 0 Å². The van der Waals surface area contributed by atoms with Crippen molar-refractivity contribution in [2.24, 2.45) is 17.0 Å². The van der Waals surface area contributed by atoms with E-state index in [0.717, 1.165) is 50.7 Å². The molecule has 1 aromatic heterocycles. The predicted octanol–water partition coefficient (Wildman–Crippen LogP) is 1.02. The van der Waals surface area contributed by atoms with E-state index in [4.69, 9.17) is 19.2 Å². The van der Waals surface area contributed by atoms with Gasteiger partial charge in [-0.25, -0.2) is 9.98 Å². The number of aryl methyl sites for hydroxylation is 1. The Morgan fingerprint density at radius 1 is 1.24 bits per heavy atom. The van der Waals surface area contributed by atoms with E-state index in [0.29, 0.717) is 48.5 Å². The molecule has 0 aliphatic carbocycles. The summed E-state index contributed by atoms with van der Waals surface area (Å²) in [5.41, 5.74) is 1.90. The third kappa shape index (κ3) is 4.36. The molecule has 0 radical (unpaired) electrons. The molecule has 5 rings (SSSR count). The molecule has 3 aliphatic heterocycles. The summed E-state index contributed by atoms with van der Waals surface area (Å²) in [4.78, 5) is 30.6. The lowest BCUT2D eigenvalue weighted by Gasteiger charge is -2.28. The van der Waals surface area contributed by atoms with E-state index < -0.39 is 0 Å². The molecule has 3 aliphatic rings. The second kappa shape index (κ2) is 9.82. The highest BCUT2D eigenvalue weighted by Crippen LogP contribution is 2.43. The van der Waals surface area contributed by atoms with Crippen LogP contribution >= 0.6 is 0 Å². The van der Waals surface area contributed by atoms with Gasteiger partial charge in [0.2, 0.25) is 5.96 Å². The van der Waals surface area contributed by atoms with Gasteiger partial charge in [0.05, 0.1) is 46.0 Å². The Balaban J connectivity index is 1.35. The molecule has 0 atom stereocenters. The van der Waals surface area contributed by atoms with Crippen LogP contribution in [0.2, 0.25) is 0 Å². The van der Waals surface area contributed by atoms with E-state index in [2.05, 4.69) is 20.2 Å². The summed E-state index contributed by atoms with van der Waals surface area (Å²) in [5, 5.41) is 2.92. The number of rotatable bonds is 7. The Hall–Kier alpha value is -3.44. The van der Waals surface area contributed by atoms with Gasteiger partial charge in [-0.3, -0.25) is 24.9 Å². The van der Waals surface area contributed by atoms with Gasteiger partial charge in [-0.2, -0.15) is 0 Å². The average Bonchev–Trinajstić information content (AvgIpc) is 3.52. The number of hydrogen-bond donors (Lipinski definition) is 1. The number of nitrogens with one attached hydrogen (secondary N) is 1. The number of carbonyl (C=O) groups is 1. The lowest BCUT2D eigenvalue weighted by atomic mass is 10.1. The van der Waals surface area contributed by atoms with Crippen LogP contribution in [-0.4, -0.2) is 96.7 Å². The predicted molar refractivity (Wildman–Crippen MR) is 126 cm³/mol. The summed E-state index contributed by atoms with van der Waals surface area (Å²) in [6.45, 7) is 6.29. The van der Waals surface area contributed by atoms with Crippen molar-refractivity contribution in [2.45, 2.75) is 6.42 Å². The quantitative estimate of drug-likeness (QED) is 0.606. The highest BCUT2D eigenvalue weighted by Gasteiger charge is 2.33. The van der Waals surface area contributed by atoms with Crippen LogP contribution < -0.4 is 14.8 Å². The van der Waals surface area contributed by atoms with Crippen LogP contribution in [0, 0.1) is 0 Å². The number of amidine groups is 1. The van der Waals surface area contributed by atoms with E-state index in [1.54, 1.807) is 25.1 Å². The van der Waals surface area contributed by atoms with Crippen molar-refractivity contribution in [3.63, 3.8) is 0 Å². The van der Waals surface area contributed by atoms with Crippen LogP contribution in [0.1, 0.15) is 22.5 Å². The van der Waals surface area contributed by atoms with Crippen molar-refractivity contribution in [3.05, 3.63) is 35.9 Å². The van der Waals surface area contributed by atoms with E-state index in [-0.39, 0.29) is 5.91 Å². The largest absolute Gasteiger partial charge is 0.491 e. The Bertz CT molecular complexity index is 1120. The normalized spacial score (nSPS) is 17.5. The smallest absolute Gasteiger partial charge is 0.276 e. The van der Waals surface area contributed by atoms with Crippen molar-refractivity contribution in [2.75, 3.05) is 59.7 Å². The zero-order valence-electron chi connectivity index (χ0n) is 19.5. The molecule has 0 spiro atoms. The number of carbonyl (C=O) groups excluding carboxylic acids is 1. The number of fused-ring (bicyclic) bond motifs is 3. The summed E-state index contributed by atoms with van der Waals surface area (Å²) in [7, 11) is 3.37. The van der Waals surface area contributed by atoms with Crippen LogP contribution in [0.3, 0.4) is 0 Å². The molecule has 1 saturated heterocycles. The third-order valence-corrected chi connectivity index (χ3v) is 6.11. The van der Waals surface area contributed by atoms with Gasteiger partial charge in [0.25, 0.3) is 5.91 Å². The number of amides is 1. The zero-order chi connectivity index (χ0) is 23.5. The van der Waals surface area contributed by atoms with E-state index >= 15 is 0 Å². The molecule has 180 valence electrons. The van der Waals surface area contributed by atoms with Crippen molar-refractivity contribution in [3.8, 4) is 11.5 Å². The van der Waals surface area contributed by atoms with Gasteiger partial charge >= 0.3 is 0 Å². The highest BCUT2D eigenvalue weighted by molar-refractivity contribution is 6.19. The molecule has 0 unspecified atom stereocenters. The minimum Gasteiger partial charge on any atom is -0.491 e. The summed E-state index contributed by atoms with van der Waals surface area (Å²) in [6.07, 6.45) is 4.01. The molecule has 34 heavy (non-hydrogen) atoms. The van der Waals surface area contributed by atoms with Crippen LogP contribution in [0.25, 0.3) is 0 Å². The molecule has 2 aromatic rings. The zero-order valence-corrected chi connectivity index (χ0v) is 19.5. The Morgan fingerprint density at radius 2 is 2.09 bits per heavy atom. The molecule has 4 heterocycles. The lowest BCUT2D eigenvalue weighted by molar-refractivity contribution is 0.0357. The fraction of sp³-hybridized carbons (Fsp3) is 0.478. The summed E-state index contributed by atoms with van der Waals surface area (Å²) >= 11 is 0.